The number of nitrogens with zero attached hydrogens (tertiary/aromatic N) is 3. The van der Waals surface area contributed by atoms with Crippen molar-refractivity contribution in [1.29, 1.82) is 5.26 Å². The molecule has 0 N–H and O–H groups in total. The van der Waals surface area contributed by atoms with Gasteiger partial charge < -0.3 is 14.5 Å². The number of para-hydroxylation sites is 2. The van der Waals surface area contributed by atoms with Crippen molar-refractivity contribution in [1.82, 2.24) is 4.90 Å². The fourth-order valence-corrected chi connectivity index (χ4v) is 2.45. The highest BCUT2D eigenvalue weighted by molar-refractivity contribution is 5.60. The van der Waals surface area contributed by atoms with Gasteiger partial charge in [-0.1, -0.05) is 12.1 Å². The highest BCUT2D eigenvalue weighted by Gasteiger charge is 2.25. The van der Waals surface area contributed by atoms with Gasteiger partial charge in [-0.15, -0.1) is 0 Å². The quantitative estimate of drug-likeness (QED) is 0.812. The molecule has 0 radical (unpaired) electrons. The van der Waals surface area contributed by atoms with E-state index in [4.69, 9.17) is 10.00 Å². The maximum absolute atomic E-state index is 8.62. The second-order valence-corrected chi connectivity index (χ2v) is 4.92. The Kier molecular flexibility index (Phi) is 4.64. The summed E-state index contributed by atoms with van der Waals surface area (Å²) in [6.45, 7) is 5.71. The first-order chi connectivity index (χ1) is 9.24. The second kappa shape index (κ2) is 6.44. The Balaban J connectivity index is 2.01. The summed E-state index contributed by atoms with van der Waals surface area (Å²) in [6, 6.07) is 10.4. The molecule has 1 heterocycles. The average molecular weight is 259 g/mol. The Morgan fingerprint density at radius 3 is 3.00 bits per heavy atom. The molecule has 0 saturated carbocycles. The lowest BCUT2D eigenvalue weighted by molar-refractivity contribution is 0.144. The van der Waals surface area contributed by atoms with E-state index in [1.54, 1.807) is 0 Å². The summed E-state index contributed by atoms with van der Waals surface area (Å²) >= 11 is 0. The van der Waals surface area contributed by atoms with Gasteiger partial charge in [0, 0.05) is 26.1 Å². The summed E-state index contributed by atoms with van der Waals surface area (Å²) in [6.07, 6.45) is 0.732. The number of rotatable bonds is 5. The number of likely N-dealkylation sites (N-methyl/N-ethyl adjacent to an activating group) is 2. The van der Waals surface area contributed by atoms with Crippen molar-refractivity contribution in [2.75, 3.05) is 38.1 Å². The molecule has 1 aliphatic heterocycles. The zero-order valence-corrected chi connectivity index (χ0v) is 11.7. The van der Waals surface area contributed by atoms with Crippen LogP contribution in [0.25, 0.3) is 0 Å². The number of anilines is 1. The van der Waals surface area contributed by atoms with Crippen LogP contribution in [0.3, 0.4) is 0 Å². The molecule has 0 fully saturated rings. The first-order valence-corrected chi connectivity index (χ1v) is 6.80. The topological polar surface area (TPSA) is 39.5 Å². The van der Waals surface area contributed by atoms with E-state index in [9.17, 15) is 0 Å². The van der Waals surface area contributed by atoms with Gasteiger partial charge in [-0.25, -0.2) is 0 Å². The van der Waals surface area contributed by atoms with E-state index >= 15 is 0 Å². The molecule has 4 nitrogen and oxygen atoms in total. The Morgan fingerprint density at radius 1 is 1.47 bits per heavy atom. The van der Waals surface area contributed by atoms with Gasteiger partial charge in [0.2, 0.25) is 0 Å². The van der Waals surface area contributed by atoms with Crippen LogP contribution >= 0.6 is 0 Å². The number of hydrogen-bond acceptors (Lipinski definition) is 4. The SMILES string of the molecule is CCN1C[C@@H](CN(C)CCC#N)Oc2ccccc21. The van der Waals surface area contributed by atoms with Gasteiger partial charge in [-0.3, -0.25) is 0 Å². The van der Waals surface area contributed by atoms with Gasteiger partial charge in [0.15, 0.2) is 0 Å². The summed E-state index contributed by atoms with van der Waals surface area (Å²) in [5.41, 5.74) is 1.18. The normalized spacial score (nSPS) is 17.8. The number of fused-ring (bicyclic) bond motifs is 1. The fourth-order valence-electron chi connectivity index (χ4n) is 2.45. The summed E-state index contributed by atoms with van der Waals surface area (Å²) in [7, 11) is 2.04. The van der Waals surface area contributed by atoms with E-state index < -0.39 is 0 Å². The molecule has 19 heavy (non-hydrogen) atoms. The van der Waals surface area contributed by atoms with Crippen LogP contribution in [0.15, 0.2) is 24.3 Å². The van der Waals surface area contributed by atoms with E-state index in [2.05, 4.69) is 28.9 Å². The molecule has 0 aliphatic carbocycles. The first kappa shape index (κ1) is 13.7. The van der Waals surface area contributed by atoms with Gasteiger partial charge in [-0.2, -0.15) is 5.26 Å². The minimum absolute atomic E-state index is 0.165. The summed E-state index contributed by atoms with van der Waals surface area (Å²) in [5, 5.41) is 8.62. The Hall–Kier alpha value is -1.73. The molecule has 0 bridgehead atoms. The molecule has 102 valence electrons. The van der Waals surface area contributed by atoms with Crippen molar-refractivity contribution < 1.29 is 4.74 Å². The highest BCUT2D eigenvalue weighted by Crippen LogP contribution is 2.32. The number of benzene rings is 1. The van der Waals surface area contributed by atoms with Gasteiger partial charge in [0.05, 0.1) is 18.3 Å². The third kappa shape index (κ3) is 3.39. The number of hydrogen-bond donors (Lipinski definition) is 0. The molecule has 0 amide bonds. The van der Waals surface area contributed by atoms with Crippen molar-refractivity contribution in [3.05, 3.63) is 24.3 Å². The van der Waals surface area contributed by atoms with E-state index in [0.717, 1.165) is 31.9 Å². The average Bonchev–Trinajstić information content (AvgIpc) is 2.44. The Morgan fingerprint density at radius 2 is 2.26 bits per heavy atom. The lowest BCUT2D eigenvalue weighted by Gasteiger charge is -2.37. The monoisotopic (exact) mass is 259 g/mol. The molecule has 0 saturated heterocycles. The largest absolute Gasteiger partial charge is 0.485 e. The summed E-state index contributed by atoms with van der Waals surface area (Å²) < 4.78 is 6.05. The maximum atomic E-state index is 8.62. The molecule has 1 aliphatic rings. The molecule has 1 aromatic rings. The molecule has 4 heteroatoms. The molecule has 2 rings (SSSR count). The van der Waals surface area contributed by atoms with Crippen molar-refractivity contribution in [3.63, 3.8) is 0 Å². The van der Waals surface area contributed by atoms with Crippen LogP contribution in [-0.4, -0.2) is 44.2 Å². The van der Waals surface area contributed by atoms with Gasteiger partial charge >= 0.3 is 0 Å². The minimum atomic E-state index is 0.165. The molecular formula is C15H21N3O. The number of ether oxygens (including phenoxy) is 1. The van der Waals surface area contributed by atoms with Gasteiger partial charge in [0.1, 0.15) is 11.9 Å². The molecule has 1 atom stereocenters. The zero-order chi connectivity index (χ0) is 13.7. The maximum Gasteiger partial charge on any atom is 0.143 e. The van der Waals surface area contributed by atoms with Crippen LogP contribution in [0.4, 0.5) is 5.69 Å². The van der Waals surface area contributed by atoms with Crippen molar-refractivity contribution >= 4 is 5.69 Å². The molecular weight excluding hydrogens is 238 g/mol. The van der Waals surface area contributed by atoms with Crippen molar-refractivity contribution in [2.45, 2.75) is 19.4 Å². The summed E-state index contributed by atoms with van der Waals surface area (Å²) in [4.78, 5) is 4.51. The molecule has 0 unspecified atom stereocenters. The Bertz CT molecular complexity index is 455. The molecule has 0 aromatic heterocycles. The van der Waals surface area contributed by atoms with Crippen LogP contribution in [0.1, 0.15) is 13.3 Å². The molecule has 0 spiro atoms. The van der Waals surface area contributed by atoms with Gasteiger partial charge in [-0.05, 0) is 26.1 Å². The second-order valence-electron chi connectivity index (χ2n) is 4.92. The third-order valence-electron chi connectivity index (χ3n) is 3.43. The van der Waals surface area contributed by atoms with Crippen molar-refractivity contribution in [3.8, 4) is 11.8 Å². The smallest absolute Gasteiger partial charge is 0.143 e. The van der Waals surface area contributed by atoms with Gasteiger partial charge in [0.25, 0.3) is 0 Å². The first-order valence-electron chi connectivity index (χ1n) is 6.80. The number of nitriles is 1. The van der Waals surface area contributed by atoms with Crippen LogP contribution < -0.4 is 9.64 Å². The highest BCUT2D eigenvalue weighted by atomic mass is 16.5. The third-order valence-corrected chi connectivity index (χ3v) is 3.43. The standard InChI is InChI=1S/C15H21N3O/c1-3-18-12-13(11-17(2)10-6-9-16)19-15-8-5-4-7-14(15)18/h4-5,7-8,13H,3,6,10-12H2,1-2H3/t13-/m1/s1. The van der Waals surface area contributed by atoms with E-state index in [1.165, 1.54) is 5.69 Å². The zero-order valence-electron chi connectivity index (χ0n) is 11.7. The van der Waals surface area contributed by atoms with Crippen LogP contribution in [-0.2, 0) is 0 Å². The summed E-state index contributed by atoms with van der Waals surface area (Å²) in [5.74, 6) is 0.967. The van der Waals surface area contributed by atoms with E-state index in [0.29, 0.717) is 6.42 Å². The van der Waals surface area contributed by atoms with Crippen LogP contribution in [0.2, 0.25) is 0 Å². The lowest BCUT2D eigenvalue weighted by Crippen LogP contribution is -2.45. The Labute approximate surface area is 115 Å². The fraction of sp³-hybridized carbons (Fsp3) is 0.533. The predicted molar refractivity (Wildman–Crippen MR) is 76.5 cm³/mol. The lowest BCUT2D eigenvalue weighted by atomic mass is 10.2. The minimum Gasteiger partial charge on any atom is -0.485 e. The van der Waals surface area contributed by atoms with Crippen LogP contribution in [0.5, 0.6) is 5.75 Å². The molecule has 1 aromatic carbocycles. The van der Waals surface area contributed by atoms with Crippen molar-refractivity contribution in [2.24, 2.45) is 0 Å². The van der Waals surface area contributed by atoms with Crippen LogP contribution in [0, 0.1) is 11.3 Å². The van der Waals surface area contributed by atoms with E-state index in [-0.39, 0.29) is 6.10 Å². The predicted octanol–water partition coefficient (Wildman–Crippen LogP) is 2.12. The van der Waals surface area contributed by atoms with E-state index in [1.807, 2.05) is 25.2 Å².